The van der Waals surface area contributed by atoms with E-state index in [0.717, 1.165) is 12.2 Å². The molecule has 0 aliphatic rings. The maximum atomic E-state index is 5.95. The monoisotopic (exact) mass is 253 g/mol. The number of halogens is 1. The summed E-state index contributed by atoms with van der Waals surface area (Å²) in [5, 5.41) is 3.57. The van der Waals surface area contributed by atoms with Gasteiger partial charge in [-0.15, -0.1) is 0 Å². The molecule has 0 radical (unpaired) electrons. The molecule has 0 amide bonds. The summed E-state index contributed by atoms with van der Waals surface area (Å²) in [7, 11) is 1.51. The van der Waals surface area contributed by atoms with E-state index in [1.54, 1.807) is 6.26 Å². The molecule has 0 unspecified atom stereocenters. The van der Waals surface area contributed by atoms with Crippen molar-refractivity contribution in [3.05, 3.63) is 35.4 Å². The smallest absolute Gasteiger partial charge is 0.318 e. The average Bonchev–Trinajstić information content (AvgIpc) is 2.84. The summed E-state index contributed by atoms with van der Waals surface area (Å²) in [4.78, 5) is 7.99. The van der Waals surface area contributed by atoms with E-state index < -0.39 is 0 Å². The largest absolute Gasteiger partial charge is 0.469 e. The van der Waals surface area contributed by atoms with E-state index in [0.29, 0.717) is 17.4 Å². The van der Waals surface area contributed by atoms with Crippen LogP contribution in [0.3, 0.4) is 0 Å². The van der Waals surface area contributed by atoms with Crippen LogP contribution < -0.4 is 10.1 Å². The standard InChI is InChI=1S/C11H12ClN3O2/c1-16-11-14-7-9(12)10(15-11)13-5-4-8-3-2-6-17-8/h2-3,6-7H,4-5H2,1H3,(H,13,14,15). The van der Waals surface area contributed by atoms with E-state index in [1.165, 1.54) is 13.3 Å². The molecular formula is C11H12ClN3O2. The van der Waals surface area contributed by atoms with Crippen LogP contribution in [0.15, 0.2) is 29.0 Å². The summed E-state index contributed by atoms with van der Waals surface area (Å²) in [5.74, 6) is 1.47. The molecule has 2 aromatic heterocycles. The molecule has 0 bridgehead atoms. The average molecular weight is 254 g/mol. The number of furan rings is 1. The van der Waals surface area contributed by atoms with Gasteiger partial charge in [0.05, 0.1) is 19.6 Å². The van der Waals surface area contributed by atoms with Crippen LogP contribution in [-0.4, -0.2) is 23.6 Å². The molecule has 0 atom stereocenters. The second-order valence-corrected chi connectivity index (χ2v) is 3.72. The van der Waals surface area contributed by atoms with Crippen molar-refractivity contribution in [3.63, 3.8) is 0 Å². The Kier molecular flexibility index (Phi) is 3.82. The van der Waals surface area contributed by atoms with Gasteiger partial charge < -0.3 is 14.5 Å². The Morgan fingerprint density at radius 1 is 1.53 bits per heavy atom. The van der Waals surface area contributed by atoms with Crippen LogP contribution in [0.1, 0.15) is 5.76 Å². The predicted octanol–water partition coefficient (Wildman–Crippen LogP) is 2.39. The molecule has 0 spiro atoms. The van der Waals surface area contributed by atoms with Crippen molar-refractivity contribution < 1.29 is 9.15 Å². The number of aromatic nitrogens is 2. The minimum absolute atomic E-state index is 0.287. The number of nitrogens with one attached hydrogen (secondary N) is 1. The van der Waals surface area contributed by atoms with E-state index in [2.05, 4.69) is 15.3 Å². The molecule has 2 aromatic rings. The molecule has 0 fully saturated rings. The molecular weight excluding hydrogens is 242 g/mol. The van der Waals surface area contributed by atoms with Gasteiger partial charge >= 0.3 is 6.01 Å². The zero-order valence-electron chi connectivity index (χ0n) is 9.31. The maximum absolute atomic E-state index is 5.95. The Morgan fingerprint density at radius 3 is 3.12 bits per heavy atom. The second kappa shape index (κ2) is 5.54. The number of anilines is 1. The van der Waals surface area contributed by atoms with Crippen LogP contribution in [-0.2, 0) is 6.42 Å². The van der Waals surface area contributed by atoms with Crippen LogP contribution in [0.5, 0.6) is 6.01 Å². The minimum atomic E-state index is 0.287. The number of ether oxygens (including phenoxy) is 1. The Morgan fingerprint density at radius 2 is 2.41 bits per heavy atom. The van der Waals surface area contributed by atoms with Crippen molar-refractivity contribution in [1.29, 1.82) is 0 Å². The fraction of sp³-hybridized carbons (Fsp3) is 0.273. The van der Waals surface area contributed by atoms with Crippen LogP contribution in [0.2, 0.25) is 5.02 Å². The third-order valence-corrected chi connectivity index (χ3v) is 2.43. The summed E-state index contributed by atoms with van der Waals surface area (Å²) in [6, 6.07) is 4.06. The summed E-state index contributed by atoms with van der Waals surface area (Å²) in [5.41, 5.74) is 0. The summed E-state index contributed by atoms with van der Waals surface area (Å²) >= 11 is 5.95. The molecule has 2 rings (SSSR count). The molecule has 0 aliphatic heterocycles. The lowest BCUT2D eigenvalue weighted by molar-refractivity contribution is 0.380. The van der Waals surface area contributed by atoms with Gasteiger partial charge in [0, 0.05) is 13.0 Å². The predicted molar refractivity (Wildman–Crippen MR) is 64.5 cm³/mol. The van der Waals surface area contributed by atoms with Crippen LogP contribution in [0.25, 0.3) is 0 Å². The van der Waals surface area contributed by atoms with Crippen molar-refractivity contribution in [2.24, 2.45) is 0 Å². The van der Waals surface area contributed by atoms with Crippen molar-refractivity contribution in [1.82, 2.24) is 9.97 Å². The molecule has 0 aromatic carbocycles. The zero-order valence-corrected chi connectivity index (χ0v) is 10.1. The summed E-state index contributed by atoms with van der Waals surface area (Å²) < 4.78 is 10.1. The molecule has 0 aliphatic carbocycles. The molecule has 2 heterocycles. The minimum Gasteiger partial charge on any atom is -0.469 e. The SMILES string of the molecule is COc1ncc(Cl)c(NCCc2ccco2)n1. The molecule has 5 nitrogen and oxygen atoms in total. The first-order valence-electron chi connectivity index (χ1n) is 5.12. The van der Waals surface area contributed by atoms with Gasteiger partial charge in [-0.2, -0.15) is 4.98 Å². The van der Waals surface area contributed by atoms with E-state index in [-0.39, 0.29) is 6.01 Å². The molecule has 17 heavy (non-hydrogen) atoms. The van der Waals surface area contributed by atoms with E-state index in [1.807, 2.05) is 12.1 Å². The molecule has 0 saturated carbocycles. The number of nitrogens with zero attached hydrogens (tertiary/aromatic N) is 2. The Labute approximate surface area is 104 Å². The zero-order chi connectivity index (χ0) is 12.1. The Bertz CT molecular complexity index is 474. The Hall–Kier alpha value is -1.75. The maximum Gasteiger partial charge on any atom is 0.318 e. The van der Waals surface area contributed by atoms with Crippen molar-refractivity contribution >= 4 is 17.4 Å². The van der Waals surface area contributed by atoms with Gasteiger partial charge in [0.25, 0.3) is 0 Å². The molecule has 90 valence electrons. The lowest BCUT2D eigenvalue weighted by Gasteiger charge is -2.07. The van der Waals surface area contributed by atoms with Crippen LogP contribution >= 0.6 is 11.6 Å². The molecule has 6 heteroatoms. The summed E-state index contributed by atoms with van der Waals surface area (Å²) in [6.45, 7) is 0.674. The highest BCUT2D eigenvalue weighted by Gasteiger charge is 2.05. The normalized spacial score (nSPS) is 10.2. The number of hydrogen-bond donors (Lipinski definition) is 1. The second-order valence-electron chi connectivity index (χ2n) is 3.31. The molecule has 1 N–H and O–H groups in total. The third-order valence-electron chi connectivity index (χ3n) is 2.15. The van der Waals surface area contributed by atoms with Crippen molar-refractivity contribution in [2.75, 3.05) is 19.0 Å². The number of rotatable bonds is 5. The van der Waals surface area contributed by atoms with Crippen LogP contribution in [0, 0.1) is 0 Å². The quantitative estimate of drug-likeness (QED) is 0.887. The van der Waals surface area contributed by atoms with Gasteiger partial charge in [-0.1, -0.05) is 11.6 Å². The van der Waals surface area contributed by atoms with E-state index in [4.69, 9.17) is 20.8 Å². The Balaban J connectivity index is 1.94. The molecule has 0 saturated heterocycles. The topological polar surface area (TPSA) is 60.2 Å². The first-order chi connectivity index (χ1) is 8.29. The van der Waals surface area contributed by atoms with Gasteiger partial charge in [0.1, 0.15) is 10.8 Å². The highest BCUT2D eigenvalue weighted by atomic mass is 35.5. The van der Waals surface area contributed by atoms with Gasteiger partial charge in [0.15, 0.2) is 5.82 Å². The first-order valence-corrected chi connectivity index (χ1v) is 5.50. The highest BCUT2D eigenvalue weighted by Crippen LogP contribution is 2.19. The lowest BCUT2D eigenvalue weighted by atomic mass is 10.3. The fourth-order valence-electron chi connectivity index (χ4n) is 1.33. The van der Waals surface area contributed by atoms with E-state index in [9.17, 15) is 0 Å². The van der Waals surface area contributed by atoms with Gasteiger partial charge in [-0.25, -0.2) is 4.98 Å². The number of methoxy groups -OCH3 is 1. The lowest BCUT2D eigenvalue weighted by Crippen LogP contribution is -2.07. The summed E-state index contributed by atoms with van der Waals surface area (Å²) in [6.07, 6.45) is 3.91. The third kappa shape index (κ3) is 3.10. The van der Waals surface area contributed by atoms with E-state index >= 15 is 0 Å². The van der Waals surface area contributed by atoms with Gasteiger partial charge in [-0.05, 0) is 12.1 Å². The van der Waals surface area contributed by atoms with Gasteiger partial charge in [-0.3, -0.25) is 0 Å². The van der Waals surface area contributed by atoms with Crippen molar-refractivity contribution in [2.45, 2.75) is 6.42 Å². The van der Waals surface area contributed by atoms with Crippen LogP contribution in [0.4, 0.5) is 5.82 Å². The first kappa shape index (κ1) is 11.7. The van der Waals surface area contributed by atoms with Gasteiger partial charge in [0.2, 0.25) is 0 Å². The van der Waals surface area contributed by atoms with Crippen molar-refractivity contribution in [3.8, 4) is 6.01 Å². The highest BCUT2D eigenvalue weighted by molar-refractivity contribution is 6.32. The number of hydrogen-bond acceptors (Lipinski definition) is 5. The fourth-order valence-corrected chi connectivity index (χ4v) is 1.49.